The molecule has 0 bridgehead atoms. The van der Waals surface area contributed by atoms with Crippen molar-refractivity contribution in [1.29, 1.82) is 0 Å². The number of carbonyl (C=O) groups is 1. The third kappa shape index (κ3) is 2.99. The highest BCUT2D eigenvalue weighted by atomic mass is 32.2. The van der Waals surface area contributed by atoms with Crippen molar-refractivity contribution in [3.05, 3.63) is 55.1 Å². The zero-order valence-electron chi connectivity index (χ0n) is 11.2. The predicted octanol–water partition coefficient (Wildman–Crippen LogP) is 4.70. The van der Waals surface area contributed by atoms with Gasteiger partial charge in [0.15, 0.2) is 0 Å². The molecule has 0 aliphatic heterocycles. The van der Waals surface area contributed by atoms with Gasteiger partial charge in [0.1, 0.15) is 0 Å². The van der Waals surface area contributed by atoms with Gasteiger partial charge < -0.3 is 4.90 Å². The minimum absolute atomic E-state index is 0.0313. The predicted molar refractivity (Wildman–Crippen MR) is 85.0 cm³/mol. The van der Waals surface area contributed by atoms with Crippen LogP contribution in [-0.2, 0) is 0 Å². The second kappa shape index (κ2) is 5.93. The Balaban J connectivity index is 2.33. The van der Waals surface area contributed by atoms with Crippen LogP contribution in [0.5, 0.6) is 0 Å². The van der Waals surface area contributed by atoms with Gasteiger partial charge in [-0.05, 0) is 18.4 Å². The van der Waals surface area contributed by atoms with Gasteiger partial charge in [0, 0.05) is 17.7 Å². The molecular formula is C16H17NOS. The van der Waals surface area contributed by atoms with Crippen LogP contribution in [0.3, 0.4) is 0 Å². The van der Waals surface area contributed by atoms with E-state index >= 15 is 0 Å². The minimum Gasteiger partial charge on any atom is -0.306 e. The van der Waals surface area contributed by atoms with Crippen LogP contribution in [0.25, 0.3) is 10.8 Å². The molecule has 0 spiro atoms. The molecule has 0 saturated heterocycles. The van der Waals surface area contributed by atoms with Crippen LogP contribution in [0.15, 0.2) is 55.1 Å². The first kappa shape index (κ1) is 13.7. The van der Waals surface area contributed by atoms with Crippen LogP contribution in [0.2, 0.25) is 0 Å². The number of carbonyl (C=O) groups excluding carboxylic acids is 1. The van der Waals surface area contributed by atoms with E-state index in [4.69, 9.17) is 0 Å². The number of hydrogen-bond donors (Lipinski definition) is 0. The molecule has 98 valence electrons. The first-order valence-corrected chi connectivity index (χ1v) is 7.06. The van der Waals surface area contributed by atoms with Gasteiger partial charge in [0.2, 0.25) is 0 Å². The molecule has 0 fully saturated rings. The normalized spacial score (nSPS) is 12.1. The average molecular weight is 271 g/mol. The van der Waals surface area contributed by atoms with Gasteiger partial charge in [-0.25, -0.2) is 0 Å². The van der Waals surface area contributed by atoms with Crippen molar-refractivity contribution in [3.63, 3.8) is 0 Å². The van der Waals surface area contributed by atoms with Crippen LogP contribution in [-0.4, -0.2) is 17.5 Å². The van der Waals surface area contributed by atoms with Crippen molar-refractivity contribution in [2.75, 3.05) is 11.9 Å². The molecule has 2 nitrogen and oxygen atoms in total. The number of amides is 1. The van der Waals surface area contributed by atoms with Crippen molar-refractivity contribution >= 4 is 33.5 Å². The van der Waals surface area contributed by atoms with Crippen molar-refractivity contribution in [2.45, 2.75) is 12.2 Å². The number of rotatable bonds is 3. The third-order valence-electron chi connectivity index (χ3n) is 3.02. The van der Waals surface area contributed by atoms with E-state index in [0.717, 1.165) is 16.5 Å². The maximum absolute atomic E-state index is 12.2. The van der Waals surface area contributed by atoms with Crippen LogP contribution in [0.1, 0.15) is 6.92 Å². The fraction of sp³-hybridized carbons (Fsp3) is 0.188. The first-order chi connectivity index (χ1) is 9.13. The van der Waals surface area contributed by atoms with Crippen LogP contribution >= 0.6 is 11.8 Å². The molecule has 0 heterocycles. The number of nitrogens with zero attached hydrogens (tertiary/aromatic N) is 1. The Morgan fingerprint density at radius 3 is 2.68 bits per heavy atom. The van der Waals surface area contributed by atoms with Gasteiger partial charge in [-0.3, -0.25) is 4.79 Å². The Morgan fingerprint density at radius 2 is 1.95 bits per heavy atom. The van der Waals surface area contributed by atoms with E-state index in [0.29, 0.717) is 0 Å². The summed E-state index contributed by atoms with van der Waals surface area (Å²) >= 11 is 1.28. The van der Waals surface area contributed by atoms with Crippen molar-refractivity contribution in [1.82, 2.24) is 0 Å². The minimum atomic E-state index is 0.0313. The molecule has 0 saturated carbocycles. The van der Waals surface area contributed by atoms with E-state index in [9.17, 15) is 4.79 Å². The molecule has 1 atom stereocenters. The molecule has 1 amide bonds. The quantitative estimate of drug-likeness (QED) is 0.754. The molecule has 1 unspecified atom stereocenters. The summed E-state index contributed by atoms with van der Waals surface area (Å²) in [7, 11) is 1.81. The number of hydrogen-bond acceptors (Lipinski definition) is 2. The van der Waals surface area contributed by atoms with E-state index in [1.54, 1.807) is 11.0 Å². The zero-order valence-corrected chi connectivity index (χ0v) is 12.0. The summed E-state index contributed by atoms with van der Waals surface area (Å²) < 4.78 is 0. The molecule has 0 N–H and O–H groups in total. The van der Waals surface area contributed by atoms with Gasteiger partial charge in [-0.1, -0.05) is 54.2 Å². The van der Waals surface area contributed by atoms with Crippen LogP contribution in [0, 0.1) is 0 Å². The largest absolute Gasteiger partial charge is 0.306 e. The highest BCUT2D eigenvalue weighted by molar-refractivity contribution is 8.14. The molecule has 2 rings (SSSR count). The summed E-state index contributed by atoms with van der Waals surface area (Å²) in [6.45, 7) is 5.67. The van der Waals surface area contributed by atoms with Gasteiger partial charge in [0.25, 0.3) is 5.24 Å². The summed E-state index contributed by atoms with van der Waals surface area (Å²) in [5.41, 5.74) is 0.937. The van der Waals surface area contributed by atoms with Gasteiger partial charge in [-0.15, -0.1) is 6.58 Å². The topological polar surface area (TPSA) is 20.3 Å². The van der Waals surface area contributed by atoms with E-state index in [1.807, 2.05) is 44.3 Å². The van der Waals surface area contributed by atoms with Gasteiger partial charge in [-0.2, -0.15) is 0 Å². The van der Waals surface area contributed by atoms with Gasteiger partial charge in [0.05, 0.1) is 5.69 Å². The lowest BCUT2D eigenvalue weighted by Crippen LogP contribution is -2.23. The average Bonchev–Trinajstić information content (AvgIpc) is 2.45. The zero-order chi connectivity index (χ0) is 13.8. The molecule has 2 aromatic rings. The Bertz CT molecular complexity index is 603. The highest BCUT2D eigenvalue weighted by Gasteiger charge is 2.15. The summed E-state index contributed by atoms with van der Waals surface area (Å²) in [5, 5.41) is 2.38. The lowest BCUT2D eigenvalue weighted by Gasteiger charge is -2.19. The van der Waals surface area contributed by atoms with Crippen molar-refractivity contribution in [2.24, 2.45) is 0 Å². The summed E-state index contributed by atoms with van der Waals surface area (Å²) in [6.07, 6.45) is 1.78. The molecule has 19 heavy (non-hydrogen) atoms. The first-order valence-electron chi connectivity index (χ1n) is 6.18. The summed E-state index contributed by atoms with van der Waals surface area (Å²) in [6, 6.07) is 14.1. The van der Waals surface area contributed by atoms with Crippen molar-refractivity contribution in [3.8, 4) is 0 Å². The maximum atomic E-state index is 12.2. The molecule has 0 aliphatic carbocycles. The SMILES string of the molecule is C=CC(C)SC(=O)N(C)c1cccc2ccccc12. The van der Waals surface area contributed by atoms with E-state index in [1.165, 1.54) is 11.8 Å². The lowest BCUT2D eigenvalue weighted by atomic mass is 10.1. The molecular weight excluding hydrogens is 254 g/mol. The molecule has 2 aromatic carbocycles. The fourth-order valence-corrected chi connectivity index (χ4v) is 2.56. The summed E-state index contributed by atoms with van der Waals surface area (Å²) in [4.78, 5) is 13.9. The van der Waals surface area contributed by atoms with Crippen LogP contribution in [0.4, 0.5) is 10.5 Å². The Hall–Kier alpha value is -1.74. The summed E-state index contributed by atoms with van der Waals surface area (Å²) in [5.74, 6) is 0. The Morgan fingerprint density at radius 1 is 1.26 bits per heavy atom. The number of anilines is 1. The standard InChI is InChI=1S/C16H17NOS/c1-4-12(2)19-16(18)17(3)15-11-7-9-13-8-5-6-10-14(13)15/h4-12H,1H2,2-3H3. The van der Waals surface area contributed by atoms with Gasteiger partial charge >= 0.3 is 0 Å². The second-order valence-corrected chi connectivity index (χ2v) is 5.71. The third-order valence-corrected chi connectivity index (χ3v) is 4.06. The molecule has 0 radical (unpaired) electrons. The molecule has 0 aromatic heterocycles. The second-order valence-electron chi connectivity index (χ2n) is 4.38. The monoisotopic (exact) mass is 271 g/mol. The number of fused-ring (bicyclic) bond motifs is 1. The fourth-order valence-electron chi connectivity index (χ4n) is 1.89. The van der Waals surface area contributed by atoms with E-state index in [-0.39, 0.29) is 10.5 Å². The van der Waals surface area contributed by atoms with E-state index in [2.05, 4.69) is 18.7 Å². The molecule has 0 aliphatic rings. The number of benzene rings is 2. The lowest BCUT2D eigenvalue weighted by molar-refractivity contribution is 0.266. The number of thioether (sulfide) groups is 1. The Kier molecular flexibility index (Phi) is 4.27. The molecule has 3 heteroatoms. The van der Waals surface area contributed by atoms with Crippen LogP contribution < -0.4 is 4.90 Å². The highest BCUT2D eigenvalue weighted by Crippen LogP contribution is 2.28. The smallest absolute Gasteiger partial charge is 0.286 e. The maximum Gasteiger partial charge on any atom is 0.286 e. The van der Waals surface area contributed by atoms with Crippen molar-refractivity contribution < 1.29 is 4.79 Å². The Labute approximate surface area is 118 Å². The van der Waals surface area contributed by atoms with E-state index < -0.39 is 0 Å².